The van der Waals surface area contributed by atoms with Gasteiger partial charge in [-0.25, -0.2) is 0 Å². The molecule has 0 amide bonds. The van der Waals surface area contributed by atoms with Crippen LogP contribution in [-0.4, -0.2) is 12.5 Å². The lowest BCUT2D eigenvalue weighted by Gasteiger charge is -2.10. The molecule has 0 aromatic rings. The van der Waals surface area contributed by atoms with Gasteiger partial charge in [0.05, 0.1) is 0 Å². The van der Waals surface area contributed by atoms with Crippen LogP contribution in [0.15, 0.2) is 0 Å². The van der Waals surface area contributed by atoms with Crippen LogP contribution in [0.5, 0.6) is 0 Å². The molecule has 1 atom stereocenters. The molecule has 0 aromatic carbocycles. The van der Waals surface area contributed by atoms with E-state index in [0.717, 1.165) is 0 Å². The lowest BCUT2D eigenvalue weighted by Crippen LogP contribution is -2.02. The predicted molar refractivity (Wildman–Crippen MR) is 61.4 cm³/mol. The molecule has 13 heavy (non-hydrogen) atoms. The largest absolute Gasteiger partial charge is 0.454 e. The highest BCUT2D eigenvalue weighted by molar-refractivity contribution is 6.27. The van der Waals surface area contributed by atoms with Crippen LogP contribution < -0.4 is 0 Å². The van der Waals surface area contributed by atoms with Gasteiger partial charge in [-0.05, 0) is 5.82 Å². The van der Waals surface area contributed by atoms with Gasteiger partial charge in [0.25, 0.3) is 7.48 Å². The number of hydrogen-bond donors (Lipinski definition) is 1. The highest BCUT2D eigenvalue weighted by Gasteiger charge is 2.06. The lowest BCUT2D eigenvalue weighted by molar-refractivity contribution is 0.518. The summed E-state index contributed by atoms with van der Waals surface area (Å²) < 4.78 is 0. The summed E-state index contributed by atoms with van der Waals surface area (Å²) in [6.45, 7) is 4.44. The van der Waals surface area contributed by atoms with Crippen LogP contribution in [0.4, 0.5) is 0 Å². The second kappa shape index (κ2) is 10.1. The van der Waals surface area contributed by atoms with Crippen LogP contribution >= 0.6 is 0 Å². The van der Waals surface area contributed by atoms with Crippen LogP contribution in [0.25, 0.3) is 0 Å². The average Bonchev–Trinajstić information content (AvgIpc) is 2.16. The van der Waals surface area contributed by atoms with Crippen molar-refractivity contribution in [2.24, 2.45) is 0 Å². The number of hydrogen-bond acceptors (Lipinski definition) is 1. The normalized spacial score (nSPS) is 12.8. The first-order valence-electron chi connectivity index (χ1n) is 5.96. The molecule has 0 fully saturated rings. The molecule has 0 aromatic heterocycles. The van der Waals surface area contributed by atoms with E-state index in [9.17, 15) is 0 Å². The smallest absolute Gasteiger partial charge is 0.273 e. The molecule has 1 unspecified atom stereocenters. The van der Waals surface area contributed by atoms with E-state index < -0.39 is 0 Å². The Bertz CT molecular complexity index is 96.1. The summed E-state index contributed by atoms with van der Waals surface area (Å²) in [5.74, 6) is 0.576. The van der Waals surface area contributed by atoms with Gasteiger partial charge in [0.15, 0.2) is 0 Å². The summed E-state index contributed by atoms with van der Waals surface area (Å²) in [5.41, 5.74) is 0. The van der Waals surface area contributed by atoms with Gasteiger partial charge in [-0.15, -0.1) is 0 Å². The molecule has 0 radical (unpaired) electrons. The molecule has 0 aliphatic carbocycles. The fraction of sp³-hybridized carbons (Fsp3) is 1.00. The van der Waals surface area contributed by atoms with Crippen molar-refractivity contribution in [2.45, 2.75) is 71.0 Å². The second-order valence-corrected chi connectivity index (χ2v) is 4.04. The first kappa shape index (κ1) is 13.0. The highest BCUT2D eigenvalue weighted by Crippen LogP contribution is 2.19. The van der Waals surface area contributed by atoms with E-state index in [1.54, 1.807) is 0 Å². The SMILES string of the molecule is CCCCCCCC(BO)CCC. The Morgan fingerprint density at radius 1 is 0.923 bits per heavy atom. The minimum Gasteiger partial charge on any atom is -0.454 e. The highest BCUT2D eigenvalue weighted by atomic mass is 16.2. The number of unbranched alkanes of at least 4 members (excludes halogenated alkanes) is 4. The van der Waals surface area contributed by atoms with Crippen LogP contribution in [-0.2, 0) is 0 Å². The van der Waals surface area contributed by atoms with Gasteiger partial charge in [0.1, 0.15) is 0 Å². The van der Waals surface area contributed by atoms with Crippen LogP contribution in [0.2, 0.25) is 5.82 Å². The zero-order valence-corrected chi connectivity index (χ0v) is 9.39. The number of rotatable bonds is 9. The molecule has 1 N–H and O–H groups in total. The van der Waals surface area contributed by atoms with Gasteiger partial charge >= 0.3 is 0 Å². The summed E-state index contributed by atoms with van der Waals surface area (Å²) in [7, 11) is 0.390. The second-order valence-electron chi connectivity index (χ2n) is 4.04. The molecular weight excluding hydrogens is 159 g/mol. The minimum atomic E-state index is 0.390. The van der Waals surface area contributed by atoms with E-state index in [4.69, 9.17) is 5.02 Å². The van der Waals surface area contributed by atoms with E-state index in [1.807, 2.05) is 0 Å². The van der Waals surface area contributed by atoms with Gasteiger partial charge in [0.2, 0.25) is 0 Å². The molecule has 0 saturated carbocycles. The summed E-state index contributed by atoms with van der Waals surface area (Å²) >= 11 is 0. The first-order valence-corrected chi connectivity index (χ1v) is 5.96. The van der Waals surface area contributed by atoms with E-state index >= 15 is 0 Å². The maximum Gasteiger partial charge on any atom is 0.273 e. The maximum absolute atomic E-state index is 9.06. The molecule has 1 nitrogen and oxygen atoms in total. The molecule has 2 heteroatoms. The molecule has 78 valence electrons. The topological polar surface area (TPSA) is 20.2 Å². The van der Waals surface area contributed by atoms with Gasteiger partial charge in [-0.2, -0.15) is 0 Å². The van der Waals surface area contributed by atoms with Crippen molar-refractivity contribution in [2.75, 3.05) is 0 Å². The van der Waals surface area contributed by atoms with E-state index in [0.29, 0.717) is 13.3 Å². The summed E-state index contributed by atoms with van der Waals surface area (Å²) in [5, 5.41) is 9.06. The zero-order chi connectivity index (χ0) is 9.94. The van der Waals surface area contributed by atoms with Gasteiger partial charge in [0, 0.05) is 0 Å². The van der Waals surface area contributed by atoms with E-state index in [2.05, 4.69) is 13.8 Å². The Morgan fingerprint density at radius 2 is 1.62 bits per heavy atom. The van der Waals surface area contributed by atoms with Crippen LogP contribution in [0.3, 0.4) is 0 Å². The third-order valence-electron chi connectivity index (χ3n) is 2.67. The van der Waals surface area contributed by atoms with Crippen molar-refractivity contribution in [1.82, 2.24) is 0 Å². The average molecular weight is 184 g/mol. The van der Waals surface area contributed by atoms with Gasteiger partial charge in [-0.3, -0.25) is 0 Å². The third kappa shape index (κ3) is 8.36. The van der Waals surface area contributed by atoms with Crippen molar-refractivity contribution in [3.8, 4) is 0 Å². The fourth-order valence-electron chi connectivity index (χ4n) is 1.77. The van der Waals surface area contributed by atoms with Crippen molar-refractivity contribution in [1.29, 1.82) is 0 Å². The molecule has 0 heterocycles. The van der Waals surface area contributed by atoms with Crippen LogP contribution in [0.1, 0.15) is 65.2 Å². The summed E-state index contributed by atoms with van der Waals surface area (Å²) in [6.07, 6.45) is 10.4. The van der Waals surface area contributed by atoms with Crippen molar-refractivity contribution >= 4 is 7.48 Å². The van der Waals surface area contributed by atoms with Crippen molar-refractivity contribution < 1.29 is 5.02 Å². The lowest BCUT2D eigenvalue weighted by atomic mass is 9.74. The monoisotopic (exact) mass is 184 g/mol. The molecular formula is C11H25BO. The van der Waals surface area contributed by atoms with E-state index in [1.165, 1.54) is 51.4 Å². The van der Waals surface area contributed by atoms with Gasteiger partial charge in [-0.1, -0.05) is 65.2 Å². The predicted octanol–water partition coefficient (Wildman–Crippen LogP) is 3.28. The molecule has 0 saturated heterocycles. The summed E-state index contributed by atoms with van der Waals surface area (Å²) in [4.78, 5) is 0. The molecule has 0 rings (SSSR count). The quantitative estimate of drug-likeness (QED) is 0.430. The standard InChI is InChI=1S/C11H25BO/c1-3-5-6-7-8-10-11(12-13)9-4-2/h11-13H,3-10H2,1-2H3. The molecule has 0 aliphatic rings. The summed E-state index contributed by atoms with van der Waals surface area (Å²) in [6, 6.07) is 0. The third-order valence-corrected chi connectivity index (χ3v) is 2.67. The molecule has 0 bridgehead atoms. The van der Waals surface area contributed by atoms with E-state index in [-0.39, 0.29) is 0 Å². The Labute approximate surface area is 84.2 Å². The van der Waals surface area contributed by atoms with Crippen LogP contribution in [0, 0.1) is 0 Å². The zero-order valence-electron chi connectivity index (χ0n) is 9.39. The Hall–Kier alpha value is 0.0249. The molecule has 0 spiro atoms. The van der Waals surface area contributed by atoms with Gasteiger partial charge < -0.3 is 5.02 Å². The van der Waals surface area contributed by atoms with Crippen molar-refractivity contribution in [3.05, 3.63) is 0 Å². The minimum absolute atomic E-state index is 0.390. The Kier molecular flexibility index (Phi) is 10.1. The molecule has 0 aliphatic heterocycles. The Balaban J connectivity index is 3.17. The maximum atomic E-state index is 9.06. The first-order chi connectivity index (χ1) is 6.35. The van der Waals surface area contributed by atoms with Crippen molar-refractivity contribution in [3.63, 3.8) is 0 Å². The fourth-order valence-corrected chi connectivity index (χ4v) is 1.77. The Morgan fingerprint density at radius 3 is 2.15 bits per heavy atom.